The second-order valence-corrected chi connectivity index (χ2v) is 8.04. The van der Waals surface area contributed by atoms with Gasteiger partial charge in [-0.05, 0) is 47.9 Å². The van der Waals surface area contributed by atoms with Gasteiger partial charge in [-0.15, -0.1) is 0 Å². The van der Waals surface area contributed by atoms with Crippen LogP contribution >= 0.6 is 15.9 Å². The quantitative estimate of drug-likeness (QED) is 0.402. The van der Waals surface area contributed by atoms with Crippen LogP contribution in [0, 0.1) is 0 Å². The van der Waals surface area contributed by atoms with Crippen molar-refractivity contribution >= 4 is 38.4 Å². The second-order valence-electron chi connectivity index (χ2n) is 7.19. The predicted octanol–water partition coefficient (Wildman–Crippen LogP) is 5.61. The third-order valence-corrected chi connectivity index (χ3v) is 5.44. The van der Waals surface area contributed by atoms with Crippen LogP contribution < -0.4 is 10.1 Å². The fourth-order valence-electron chi connectivity index (χ4n) is 3.07. The second kappa shape index (κ2) is 8.67. The monoisotopic (exact) mass is 464 g/mol. The lowest BCUT2D eigenvalue weighted by atomic mass is 10.0. The van der Waals surface area contributed by atoms with E-state index in [1.165, 1.54) is 5.56 Å². The molecule has 0 spiro atoms. The van der Waals surface area contributed by atoms with E-state index in [4.69, 9.17) is 4.74 Å². The Balaban J connectivity index is 1.43. The van der Waals surface area contributed by atoms with Crippen molar-refractivity contribution in [3.63, 3.8) is 0 Å². The molecule has 0 fully saturated rings. The number of benzene rings is 2. The Bertz CT molecular complexity index is 1190. The number of amides is 1. The van der Waals surface area contributed by atoms with E-state index in [0.29, 0.717) is 22.8 Å². The van der Waals surface area contributed by atoms with Gasteiger partial charge in [0, 0.05) is 22.3 Å². The minimum atomic E-state index is -0.302. The highest BCUT2D eigenvalue weighted by molar-refractivity contribution is 9.10. The zero-order valence-electron chi connectivity index (χ0n) is 16.7. The van der Waals surface area contributed by atoms with Gasteiger partial charge < -0.3 is 10.1 Å². The van der Waals surface area contributed by atoms with Crippen LogP contribution in [0.1, 0.15) is 35.8 Å². The maximum Gasteiger partial charge on any atom is 0.276 e. The Hall–Kier alpha value is -3.19. The summed E-state index contributed by atoms with van der Waals surface area (Å²) in [7, 11) is 0. The van der Waals surface area contributed by atoms with E-state index in [9.17, 15) is 4.79 Å². The normalized spacial score (nSPS) is 11.1. The fourth-order valence-corrected chi connectivity index (χ4v) is 3.52. The zero-order chi connectivity index (χ0) is 21.1. The average molecular weight is 465 g/mol. The predicted molar refractivity (Wildman–Crippen MR) is 121 cm³/mol. The maximum atomic E-state index is 12.7. The first-order valence-corrected chi connectivity index (χ1v) is 10.4. The molecule has 6 nitrogen and oxygen atoms in total. The highest BCUT2D eigenvalue weighted by Gasteiger charge is 2.13. The molecular formula is C23H21BrN4O2. The van der Waals surface area contributed by atoms with Crippen molar-refractivity contribution in [1.29, 1.82) is 0 Å². The number of aromatic nitrogens is 3. The van der Waals surface area contributed by atoms with Crippen molar-refractivity contribution in [2.24, 2.45) is 0 Å². The number of ether oxygens (including phenoxy) is 1. The van der Waals surface area contributed by atoms with Gasteiger partial charge >= 0.3 is 0 Å². The lowest BCUT2D eigenvalue weighted by molar-refractivity contribution is 0.102. The molecule has 1 N–H and O–H groups in total. The highest BCUT2D eigenvalue weighted by Crippen LogP contribution is 2.28. The van der Waals surface area contributed by atoms with Crippen LogP contribution in [-0.4, -0.2) is 20.7 Å². The van der Waals surface area contributed by atoms with Crippen molar-refractivity contribution < 1.29 is 9.53 Å². The van der Waals surface area contributed by atoms with Crippen molar-refractivity contribution in [3.05, 3.63) is 82.7 Å². The van der Waals surface area contributed by atoms with Crippen molar-refractivity contribution in [2.45, 2.75) is 26.5 Å². The van der Waals surface area contributed by atoms with E-state index in [1.54, 1.807) is 23.1 Å². The Morgan fingerprint density at radius 2 is 1.93 bits per heavy atom. The molecule has 4 aromatic rings. The summed E-state index contributed by atoms with van der Waals surface area (Å²) in [6, 6.07) is 17.2. The Kier molecular flexibility index (Phi) is 5.81. The number of fused-ring (bicyclic) bond motifs is 1. The van der Waals surface area contributed by atoms with E-state index < -0.39 is 0 Å². The maximum absolute atomic E-state index is 12.7. The number of nitrogens with zero attached hydrogens (tertiary/aromatic N) is 3. The number of pyridine rings is 1. The lowest BCUT2D eigenvalue weighted by Gasteiger charge is -2.09. The summed E-state index contributed by atoms with van der Waals surface area (Å²) in [5, 5.41) is 8.14. The van der Waals surface area contributed by atoms with Gasteiger partial charge in [0.25, 0.3) is 5.91 Å². The zero-order valence-corrected chi connectivity index (χ0v) is 18.3. The third kappa shape index (κ3) is 4.36. The number of nitrogens with one attached hydrogen (secondary N) is 1. The van der Waals surface area contributed by atoms with Gasteiger partial charge in [-0.25, -0.2) is 4.68 Å². The number of halogens is 1. The van der Waals surface area contributed by atoms with E-state index in [2.05, 4.69) is 57.3 Å². The highest BCUT2D eigenvalue weighted by atomic mass is 79.9. The molecule has 152 valence electrons. The Morgan fingerprint density at radius 3 is 2.70 bits per heavy atom. The first kappa shape index (κ1) is 20.1. The Labute approximate surface area is 183 Å². The van der Waals surface area contributed by atoms with Gasteiger partial charge in [-0.1, -0.05) is 48.0 Å². The smallest absolute Gasteiger partial charge is 0.276 e. The van der Waals surface area contributed by atoms with Gasteiger partial charge in [-0.3, -0.25) is 9.78 Å². The van der Waals surface area contributed by atoms with E-state index in [-0.39, 0.29) is 12.6 Å². The largest absolute Gasteiger partial charge is 0.471 e. The molecule has 0 aliphatic rings. The molecule has 2 aromatic carbocycles. The number of hydrogen-bond acceptors (Lipinski definition) is 4. The number of hydrogen-bond donors (Lipinski definition) is 1. The summed E-state index contributed by atoms with van der Waals surface area (Å²) in [5.74, 6) is 0.932. The molecule has 0 saturated carbocycles. The average Bonchev–Trinajstić information content (AvgIpc) is 3.24. The van der Waals surface area contributed by atoms with Gasteiger partial charge in [0.2, 0.25) is 0 Å². The summed E-state index contributed by atoms with van der Waals surface area (Å²) in [6.07, 6.45) is 3.42. The molecular weight excluding hydrogens is 444 g/mol. The summed E-state index contributed by atoms with van der Waals surface area (Å²) in [5.41, 5.74) is 2.92. The molecule has 0 aliphatic heterocycles. The molecule has 0 bridgehead atoms. The molecule has 4 rings (SSSR count). The SMILES string of the molecule is CC(C)c1ccc(OCn2ccc(C(=O)Nc3ccc(Br)c4cccnc34)n2)cc1. The van der Waals surface area contributed by atoms with Crippen LogP contribution in [0.25, 0.3) is 10.9 Å². The van der Waals surface area contributed by atoms with Gasteiger partial charge in [0.1, 0.15) is 5.75 Å². The van der Waals surface area contributed by atoms with Crippen molar-refractivity contribution in [1.82, 2.24) is 14.8 Å². The van der Waals surface area contributed by atoms with Crippen LogP contribution in [0.5, 0.6) is 5.75 Å². The van der Waals surface area contributed by atoms with E-state index in [0.717, 1.165) is 15.6 Å². The summed E-state index contributed by atoms with van der Waals surface area (Å²) >= 11 is 3.51. The van der Waals surface area contributed by atoms with Gasteiger partial charge in [0.15, 0.2) is 12.4 Å². The third-order valence-electron chi connectivity index (χ3n) is 4.75. The number of carbonyl (C=O) groups is 1. The molecule has 2 heterocycles. The molecule has 0 saturated heterocycles. The van der Waals surface area contributed by atoms with Crippen LogP contribution in [0.4, 0.5) is 5.69 Å². The number of carbonyl (C=O) groups excluding carboxylic acids is 1. The minimum Gasteiger partial charge on any atom is -0.471 e. The first-order valence-electron chi connectivity index (χ1n) is 9.62. The summed E-state index contributed by atoms with van der Waals surface area (Å²) in [4.78, 5) is 17.0. The molecule has 0 radical (unpaired) electrons. The van der Waals surface area contributed by atoms with Crippen molar-refractivity contribution in [3.8, 4) is 5.75 Å². The molecule has 7 heteroatoms. The van der Waals surface area contributed by atoms with Crippen LogP contribution in [-0.2, 0) is 6.73 Å². The molecule has 0 atom stereocenters. The summed E-state index contributed by atoms with van der Waals surface area (Å²) < 4.78 is 8.27. The summed E-state index contributed by atoms with van der Waals surface area (Å²) in [6.45, 7) is 4.52. The van der Waals surface area contributed by atoms with E-state index in [1.807, 2.05) is 36.4 Å². The van der Waals surface area contributed by atoms with Crippen LogP contribution in [0.3, 0.4) is 0 Å². The van der Waals surface area contributed by atoms with Gasteiger partial charge in [0.05, 0.1) is 11.2 Å². The topological polar surface area (TPSA) is 69.0 Å². The van der Waals surface area contributed by atoms with Crippen LogP contribution in [0.2, 0.25) is 0 Å². The number of rotatable bonds is 6. The standard InChI is InChI=1S/C23H21BrN4O2/c1-15(2)16-5-7-17(8-6-16)30-14-28-13-11-21(27-28)23(29)26-20-10-9-19(24)18-4-3-12-25-22(18)20/h3-13,15H,14H2,1-2H3,(H,26,29). The van der Waals surface area contributed by atoms with Gasteiger partial charge in [-0.2, -0.15) is 5.10 Å². The fraction of sp³-hybridized carbons (Fsp3) is 0.174. The van der Waals surface area contributed by atoms with Crippen molar-refractivity contribution in [2.75, 3.05) is 5.32 Å². The molecule has 30 heavy (non-hydrogen) atoms. The molecule has 0 unspecified atom stereocenters. The molecule has 2 aromatic heterocycles. The van der Waals surface area contributed by atoms with E-state index >= 15 is 0 Å². The lowest BCUT2D eigenvalue weighted by Crippen LogP contribution is -2.14. The minimum absolute atomic E-state index is 0.219. The first-order chi connectivity index (χ1) is 14.5. The number of anilines is 1. The molecule has 0 aliphatic carbocycles. The Morgan fingerprint density at radius 1 is 1.13 bits per heavy atom. The van der Waals surface area contributed by atoms with Crippen LogP contribution in [0.15, 0.2) is 71.5 Å². The molecule has 1 amide bonds.